The molecule has 108 valence electrons. The van der Waals surface area contributed by atoms with E-state index in [1.165, 1.54) is 0 Å². The highest BCUT2D eigenvalue weighted by Gasteiger charge is 2.73. The summed E-state index contributed by atoms with van der Waals surface area (Å²) in [7, 11) is 0. The number of carbonyl (C=O) groups excluding carboxylic acids is 1. The van der Waals surface area contributed by atoms with E-state index in [0.29, 0.717) is 5.82 Å². The molecule has 4 fully saturated rings. The number of ether oxygens (including phenoxy) is 1. The van der Waals surface area contributed by atoms with E-state index in [4.69, 9.17) is 4.74 Å². The number of H-pyrrole nitrogens is 1. The van der Waals surface area contributed by atoms with Crippen LogP contribution in [0.15, 0.2) is 0 Å². The van der Waals surface area contributed by atoms with Gasteiger partial charge in [0.05, 0.1) is 16.6 Å². The molecule has 0 spiro atoms. The van der Waals surface area contributed by atoms with Crippen LogP contribution >= 0.6 is 0 Å². The molecule has 2 bridgehead atoms. The number of hydrogen-bond acceptors (Lipinski definition) is 5. The van der Waals surface area contributed by atoms with Gasteiger partial charge in [0.15, 0.2) is 5.82 Å². The van der Waals surface area contributed by atoms with Gasteiger partial charge in [-0.05, 0) is 46.5 Å². The second-order valence-electron chi connectivity index (χ2n) is 7.27. The SMILES string of the molecule is CC12CC(C(=O)NC3(c4nn[nH]n4)CC3)(C1)C(C)(C)O2. The zero-order valence-corrected chi connectivity index (χ0v) is 12.0. The Balaban J connectivity index is 1.58. The van der Waals surface area contributed by atoms with Crippen LogP contribution < -0.4 is 5.32 Å². The van der Waals surface area contributed by atoms with Crippen molar-refractivity contribution in [2.24, 2.45) is 5.41 Å². The Morgan fingerprint density at radius 3 is 2.45 bits per heavy atom. The van der Waals surface area contributed by atoms with Gasteiger partial charge in [-0.2, -0.15) is 5.21 Å². The first-order chi connectivity index (χ1) is 9.31. The highest BCUT2D eigenvalue weighted by molar-refractivity contribution is 5.87. The second kappa shape index (κ2) is 3.21. The van der Waals surface area contributed by atoms with E-state index < -0.39 is 16.6 Å². The molecule has 1 amide bonds. The van der Waals surface area contributed by atoms with E-state index in [1.54, 1.807) is 0 Å². The molecule has 0 atom stereocenters. The molecule has 20 heavy (non-hydrogen) atoms. The Labute approximate surface area is 116 Å². The third-order valence-electron chi connectivity index (χ3n) is 5.32. The van der Waals surface area contributed by atoms with Crippen molar-refractivity contribution in [2.45, 2.75) is 63.2 Å². The summed E-state index contributed by atoms with van der Waals surface area (Å²) in [6.07, 6.45) is 3.32. The summed E-state index contributed by atoms with van der Waals surface area (Å²) in [6.45, 7) is 6.11. The molecule has 0 unspecified atom stereocenters. The van der Waals surface area contributed by atoms with Crippen LogP contribution in [-0.4, -0.2) is 37.7 Å². The lowest BCUT2D eigenvalue weighted by atomic mass is 9.56. The number of aromatic amines is 1. The minimum Gasteiger partial charge on any atom is -0.368 e. The lowest BCUT2D eigenvalue weighted by Gasteiger charge is -2.44. The molecule has 2 saturated heterocycles. The molecular formula is C13H19N5O2. The number of carbonyl (C=O) groups is 1. The first-order valence-electron chi connectivity index (χ1n) is 7.08. The van der Waals surface area contributed by atoms with Crippen LogP contribution in [0.3, 0.4) is 0 Å². The molecule has 2 aliphatic carbocycles. The Kier molecular flexibility index (Phi) is 1.97. The summed E-state index contributed by atoms with van der Waals surface area (Å²) in [5.41, 5.74) is -1.38. The average Bonchev–Trinajstić information content (AvgIpc) is 2.74. The summed E-state index contributed by atoms with van der Waals surface area (Å²) in [4.78, 5) is 12.8. The Bertz CT molecular complexity index is 570. The van der Waals surface area contributed by atoms with Gasteiger partial charge in [0.1, 0.15) is 5.54 Å². The number of rotatable bonds is 3. The number of amides is 1. The Hall–Kier alpha value is -1.50. The standard InChI is InChI=1S/C13H19N5O2/c1-10(2)12(6-11(3,7-12)20-10)9(19)14-13(4-5-13)8-15-17-18-16-8/h4-7H2,1-3H3,(H,14,19)(H,15,16,17,18). The normalized spacial score (nSPS) is 39.1. The topological polar surface area (TPSA) is 92.8 Å². The first kappa shape index (κ1) is 12.3. The molecule has 4 aliphatic rings. The van der Waals surface area contributed by atoms with Crippen LogP contribution in [0.4, 0.5) is 0 Å². The van der Waals surface area contributed by atoms with Gasteiger partial charge < -0.3 is 10.1 Å². The Morgan fingerprint density at radius 2 is 2.00 bits per heavy atom. The third-order valence-corrected chi connectivity index (χ3v) is 5.32. The predicted molar refractivity (Wildman–Crippen MR) is 68.5 cm³/mol. The highest BCUT2D eigenvalue weighted by atomic mass is 16.5. The molecule has 0 aromatic carbocycles. The highest BCUT2D eigenvalue weighted by Crippen LogP contribution is 2.66. The molecule has 1 aromatic rings. The monoisotopic (exact) mass is 277 g/mol. The molecule has 0 radical (unpaired) electrons. The zero-order valence-electron chi connectivity index (χ0n) is 12.0. The van der Waals surface area contributed by atoms with E-state index in [9.17, 15) is 4.79 Å². The Morgan fingerprint density at radius 1 is 1.30 bits per heavy atom. The van der Waals surface area contributed by atoms with Crippen molar-refractivity contribution in [2.75, 3.05) is 0 Å². The van der Waals surface area contributed by atoms with Crippen molar-refractivity contribution in [3.05, 3.63) is 5.82 Å². The van der Waals surface area contributed by atoms with Crippen LogP contribution in [0.5, 0.6) is 0 Å². The van der Waals surface area contributed by atoms with Crippen molar-refractivity contribution in [1.82, 2.24) is 25.9 Å². The van der Waals surface area contributed by atoms with Crippen molar-refractivity contribution in [3.8, 4) is 0 Å². The van der Waals surface area contributed by atoms with E-state index in [-0.39, 0.29) is 11.5 Å². The van der Waals surface area contributed by atoms with Gasteiger partial charge in [-0.25, -0.2) is 0 Å². The minimum atomic E-state index is -0.417. The van der Waals surface area contributed by atoms with Crippen molar-refractivity contribution < 1.29 is 9.53 Å². The van der Waals surface area contributed by atoms with Crippen LogP contribution in [0, 0.1) is 5.41 Å². The van der Waals surface area contributed by atoms with Crippen LogP contribution in [-0.2, 0) is 15.1 Å². The molecule has 3 heterocycles. The first-order valence-corrected chi connectivity index (χ1v) is 7.08. The number of tetrazole rings is 1. The van der Waals surface area contributed by atoms with Crippen molar-refractivity contribution in [1.29, 1.82) is 0 Å². The summed E-state index contributed by atoms with van der Waals surface area (Å²) < 4.78 is 6.05. The summed E-state index contributed by atoms with van der Waals surface area (Å²) in [6, 6.07) is 0. The van der Waals surface area contributed by atoms with Gasteiger partial charge in [-0.3, -0.25) is 4.79 Å². The fraction of sp³-hybridized carbons (Fsp3) is 0.846. The minimum absolute atomic E-state index is 0.0692. The van der Waals surface area contributed by atoms with Gasteiger partial charge >= 0.3 is 0 Å². The fourth-order valence-electron chi connectivity index (χ4n) is 4.10. The van der Waals surface area contributed by atoms with Crippen LogP contribution in [0.2, 0.25) is 0 Å². The van der Waals surface area contributed by atoms with Crippen molar-refractivity contribution in [3.63, 3.8) is 0 Å². The summed E-state index contributed by atoms with van der Waals surface area (Å²) in [5.74, 6) is 0.654. The number of nitrogens with one attached hydrogen (secondary N) is 2. The molecular weight excluding hydrogens is 258 g/mol. The maximum absolute atomic E-state index is 12.8. The van der Waals surface area contributed by atoms with Gasteiger partial charge in [0.25, 0.3) is 0 Å². The summed E-state index contributed by atoms with van der Waals surface area (Å²) >= 11 is 0. The van der Waals surface area contributed by atoms with E-state index >= 15 is 0 Å². The third kappa shape index (κ3) is 1.33. The molecule has 7 heteroatoms. The number of fused-ring (bicyclic) bond motifs is 1. The van der Waals surface area contributed by atoms with Gasteiger partial charge in [0, 0.05) is 0 Å². The lowest BCUT2D eigenvalue weighted by Crippen LogP contribution is -2.58. The van der Waals surface area contributed by atoms with E-state index in [0.717, 1.165) is 25.7 Å². The molecule has 2 saturated carbocycles. The maximum Gasteiger partial charge on any atom is 0.230 e. The van der Waals surface area contributed by atoms with Gasteiger partial charge in [-0.1, -0.05) is 5.21 Å². The largest absolute Gasteiger partial charge is 0.368 e. The van der Waals surface area contributed by atoms with E-state index in [1.807, 2.05) is 13.8 Å². The second-order valence-corrected chi connectivity index (χ2v) is 7.27. The number of nitrogens with zero attached hydrogens (tertiary/aromatic N) is 3. The van der Waals surface area contributed by atoms with Gasteiger partial charge in [0.2, 0.25) is 5.91 Å². The molecule has 7 nitrogen and oxygen atoms in total. The van der Waals surface area contributed by atoms with Crippen LogP contribution in [0.25, 0.3) is 0 Å². The molecule has 1 aromatic heterocycles. The smallest absolute Gasteiger partial charge is 0.230 e. The van der Waals surface area contributed by atoms with Gasteiger partial charge in [-0.15, -0.1) is 10.2 Å². The average molecular weight is 277 g/mol. The summed E-state index contributed by atoms with van der Waals surface area (Å²) in [5, 5.41) is 17.2. The molecule has 2 N–H and O–H groups in total. The molecule has 5 rings (SSSR count). The van der Waals surface area contributed by atoms with E-state index in [2.05, 4.69) is 32.9 Å². The zero-order chi connectivity index (χ0) is 14.2. The predicted octanol–water partition coefficient (Wildman–Crippen LogP) is 0.653. The quantitative estimate of drug-likeness (QED) is 0.846. The van der Waals surface area contributed by atoms with Crippen LogP contribution in [0.1, 0.15) is 52.3 Å². The lowest BCUT2D eigenvalue weighted by molar-refractivity contribution is -0.139. The fourth-order valence-corrected chi connectivity index (χ4v) is 4.10. The number of hydrogen-bond donors (Lipinski definition) is 2. The number of aromatic nitrogens is 4. The molecule has 2 aliphatic heterocycles. The maximum atomic E-state index is 12.8. The van der Waals surface area contributed by atoms with Crippen molar-refractivity contribution >= 4 is 5.91 Å².